The molecule has 1 aromatic heterocycles. The first-order valence-corrected chi connectivity index (χ1v) is 6.79. The maximum Gasteiger partial charge on any atom is 0.416 e. The monoisotopic (exact) mass is 315 g/mol. The summed E-state index contributed by atoms with van der Waals surface area (Å²) in [5, 5.41) is 3.75. The van der Waals surface area contributed by atoms with Crippen LogP contribution in [0, 0.1) is 5.82 Å². The van der Waals surface area contributed by atoms with E-state index in [-0.39, 0.29) is 17.3 Å². The van der Waals surface area contributed by atoms with Crippen molar-refractivity contribution in [2.45, 2.75) is 37.4 Å². The summed E-state index contributed by atoms with van der Waals surface area (Å²) in [6.07, 6.45) is -1.43. The second kappa shape index (κ2) is 5.05. The van der Waals surface area contributed by atoms with E-state index in [0.29, 0.717) is 18.9 Å². The van der Waals surface area contributed by atoms with Gasteiger partial charge in [-0.05, 0) is 31.0 Å². The fourth-order valence-electron chi connectivity index (χ4n) is 2.65. The lowest BCUT2D eigenvalue weighted by atomic mass is 9.98. The smallest absolute Gasteiger partial charge is 0.334 e. The number of hydrogen-bond acceptors (Lipinski definition) is 4. The number of hydrogen-bond donors (Lipinski definition) is 1. The molecule has 1 fully saturated rings. The highest BCUT2D eigenvalue weighted by atomic mass is 19.4. The average Bonchev–Trinajstić information content (AvgIpc) is 3.06. The molecule has 1 aromatic carbocycles. The van der Waals surface area contributed by atoms with E-state index in [0.717, 1.165) is 25.0 Å². The summed E-state index contributed by atoms with van der Waals surface area (Å²) in [4.78, 5) is 4.06. The molecule has 0 spiro atoms. The van der Waals surface area contributed by atoms with E-state index in [4.69, 9.17) is 10.3 Å². The molecule has 8 heteroatoms. The van der Waals surface area contributed by atoms with Gasteiger partial charge in [0.2, 0.25) is 0 Å². The van der Waals surface area contributed by atoms with E-state index in [1.54, 1.807) is 0 Å². The van der Waals surface area contributed by atoms with Crippen LogP contribution in [0.25, 0.3) is 11.5 Å². The molecule has 0 unspecified atom stereocenters. The van der Waals surface area contributed by atoms with Gasteiger partial charge in [-0.1, -0.05) is 18.0 Å². The first kappa shape index (κ1) is 15.0. The van der Waals surface area contributed by atoms with Crippen LogP contribution in [0.3, 0.4) is 0 Å². The lowest BCUT2D eigenvalue weighted by molar-refractivity contribution is -0.137. The minimum Gasteiger partial charge on any atom is -0.334 e. The van der Waals surface area contributed by atoms with Crippen LogP contribution in [-0.2, 0) is 11.7 Å². The highest BCUT2D eigenvalue weighted by molar-refractivity contribution is 5.55. The van der Waals surface area contributed by atoms with Crippen LogP contribution < -0.4 is 5.73 Å². The Morgan fingerprint density at radius 2 is 1.82 bits per heavy atom. The lowest BCUT2D eigenvalue weighted by Gasteiger charge is -2.17. The maximum absolute atomic E-state index is 13.4. The van der Waals surface area contributed by atoms with Crippen molar-refractivity contribution in [2.24, 2.45) is 5.73 Å². The van der Waals surface area contributed by atoms with Crippen molar-refractivity contribution in [1.82, 2.24) is 10.1 Å². The first-order valence-electron chi connectivity index (χ1n) is 6.79. The number of nitrogens with two attached hydrogens (primary N) is 1. The minimum absolute atomic E-state index is 0.118. The van der Waals surface area contributed by atoms with Gasteiger partial charge >= 0.3 is 6.18 Å². The van der Waals surface area contributed by atoms with Gasteiger partial charge in [-0.2, -0.15) is 18.2 Å². The molecule has 1 saturated carbocycles. The van der Waals surface area contributed by atoms with Crippen LogP contribution in [0.1, 0.15) is 37.1 Å². The van der Waals surface area contributed by atoms with Gasteiger partial charge in [-0.15, -0.1) is 0 Å². The van der Waals surface area contributed by atoms with Gasteiger partial charge in [0.05, 0.1) is 11.1 Å². The molecule has 0 atom stereocenters. The zero-order valence-electron chi connectivity index (χ0n) is 11.5. The van der Waals surface area contributed by atoms with E-state index in [1.165, 1.54) is 0 Å². The summed E-state index contributed by atoms with van der Waals surface area (Å²) in [6.45, 7) is 0. The number of alkyl halides is 3. The van der Waals surface area contributed by atoms with Gasteiger partial charge in [0, 0.05) is 5.56 Å². The van der Waals surface area contributed by atoms with Crippen LogP contribution in [0.15, 0.2) is 22.7 Å². The lowest BCUT2D eigenvalue weighted by Crippen LogP contribution is -2.34. The van der Waals surface area contributed by atoms with Crippen molar-refractivity contribution in [3.8, 4) is 11.5 Å². The van der Waals surface area contributed by atoms with Crippen LogP contribution in [0.2, 0.25) is 0 Å². The van der Waals surface area contributed by atoms with Crippen LogP contribution >= 0.6 is 0 Å². The molecule has 22 heavy (non-hydrogen) atoms. The number of benzene rings is 1. The second-order valence-electron chi connectivity index (χ2n) is 5.51. The van der Waals surface area contributed by atoms with Crippen molar-refractivity contribution in [1.29, 1.82) is 0 Å². The van der Waals surface area contributed by atoms with E-state index in [9.17, 15) is 17.6 Å². The topological polar surface area (TPSA) is 64.9 Å². The molecule has 1 aliphatic rings. The Hall–Kier alpha value is -1.96. The van der Waals surface area contributed by atoms with Crippen molar-refractivity contribution >= 4 is 0 Å². The number of aromatic nitrogens is 2. The van der Waals surface area contributed by atoms with E-state index < -0.39 is 23.1 Å². The van der Waals surface area contributed by atoms with E-state index >= 15 is 0 Å². The Morgan fingerprint density at radius 1 is 1.14 bits per heavy atom. The molecule has 1 heterocycles. The van der Waals surface area contributed by atoms with Gasteiger partial charge < -0.3 is 10.3 Å². The van der Waals surface area contributed by atoms with Crippen LogP contribution in [-0.4, -0.2) is 10.1 Å². The number of rotatable bonds is 2. The summed E-state index contributed by atoms with van der Waals surface area (Å²) < 4.78 is 56.6. The van der Waals surface area contributed by atoms with Gasteiger partial charge in [0.25, 0.3) is 5.89 Å². The summed E-state index contributed by atoms with van der Waals surface area (Å²) in [6, 6.07) is 2.12. The third-order valence-electron chi connectivity index (χ3n) is 3.84. The standard InChI is InChI=1S/C14H13F4N3O/c15-10-6-8(5-9(7-10)14(16,17)18)11-20-12(21-22-11)13(19)3-1-2-4-13/h5-7H,1-4,19H2. The molecule has 0 aliphatic heterocycles. The molecular weight excluding hydrogens is 302 g/mol. The highest BCUT2D eigenvalue weighted by Crippen LogP contribution is 2.36. The van der Waals surface area contributed by atoms with Gasteiger partial charge in [-0.25, -0.2) is 4.39 Å². The Labute approximate surface area is 123 Å². The van der Waals surface area contributed by atoms with Crippen molar-refractivity contribution in [3.05, 3.63) is 35.4 Å². The predicted octanol–water partition coefficient (Wildman–Crippen LogP) is 3.62. The Morgan fingerprint density at radius 3 is 2.45 bits per heavy atom. The molecule has 4 nitrogen and oxygen atoms in total. The third-order valence-corrected chi connectivity index (χ3v) is 3.84. The second-order valence-corrected chi connectivity index (χ2v) is 5.51. The van der Waals surface area contributed by atoms with E-state index in [2.05, 4.69) is 10.1 Å². The Balaban J connectivity index is 1.98. The zero-order chi connectivity index (χ0) is 16.0. The first-order chi connectivity index (χ1) is 10.3. The van der Waals surface area contributed by atoms with Gasteiger partial charge in [-0.3, -0.25) is 0 Å². The normalized spacial score (nSPS) is 17.9. The largest absolute Gasteiger partial charge is 0.416 e. The fourth-order valence-corrected chi connectivity index (χ4v) is 2.65. The summed E-state index contributed by atoms with van der Waals surface area (Å²) in [7, 11) is 0. The number of nitrogens with zero attached hydrogens (tertiary/aromatic N) is 2. The minimum atomic E-state index is -4.65. The molecule has 118 valence electrons. The van der Waals surface area contributed by atoms with Gasteiger partial charge in [0.15, 0.2) is 5.82 Å². The Bertz CT molecular complexity index is 690. The predicted molar refractivity (Wildman–Crippen MR) is 69.0 cm³/mol. The average molecular weight is 315 g/mol. The summed E-state index contributed by atoms with van der Waals surface area (Å²) >= 11 is 0. The highest BCUT2D eigenvalue weighted by Gasteiger charge is 2.36. The van der Waals surface area contributed by atoms with Crippen molar-refractivity contribution in [2.75, 3.05) is 0 Å². The molecule has 0 amide bonds. The molecule has 0 bridgehead atoms. The van der Waals surface area contributed by atoms with Crippen LogP contribution in [0.5, 0.6) is 0 Å². The molecule has 2 N–H and O–H groups in total. The molecule has 0 radical (unpaired) electrons. The van der Waals surface area contributed by atoms with Crippen LogP contribution in [0.4, 0.5) is 17.6 Å². The third kappa shape index (κ3) is 2.70. The molecule has 1 aliphatic carbocycles. The molecular formula is C14H13F4N3O. The van der Waals surface area contributed by atoms with Crippen molar-refractivity contribution < 1.29 is 22.1 Å². The molecule has 2 aromatic rings. The zero-order valence-corrected chi connectivity index (χ0v) is 11.5. The summed E-state index contributed by atoms with van der Waals surface area (Å²) in [5.41, 5.74) is 4.22. The fraction of sp³-hybridized carbons (Fsp3) is 0.429. The molecule has 3 rings (SSSR count). The van der Waals surface area contributed by atoms with Gasteiger partial charge in [0.1, 0.15) is 5.82 Å². The van der Waals surface area contributed by atoms with Crippen molar-refractivity contribution in [3.63, 3.8) is 0 Å². The Kier molecular flexibility index (Phi) is 3.43. The summed E-state index contributed by atoms with van der Waals surface area (Å²) in [5.74, 6) is -0.942. The maximum atomic E-state index is 13.4. The quantitative estimate of drug-likeness (QED) is 0.860. The SMILES string of the molecule is NC1(c2noc(-c3cc(F)cc(C(F)(F)F)c3)n2)CCCC1. The molecule has 0 saturated heterocycles. The number of halogens is 4. The van der Waals surface area contributed by atoms with E-state index in [1.807, 2.05) is 0 Å².